The molecule has 0 atom stereocenters. The summed E-state index contributed by atoms with van der Waals surface area (Å²) in [5.74, 6) is 1.99. The standard InChI is InChI=1S/C23H35N5O2.HI/c1-19-25-10-13-28(19)18-21-7-4-6-20(16-21)17-26-23(24-2)27-11-8-22(9-12-27)30-15-5-14-29-3;/h4,6-7,10,13,16,22H,5,8-9,11-12,14-15,17-18H2,1-3H3,(H,24,26);1H. The topological polar surface area (TPSA) is 63.9 Å². The molecule has 7 nitrogen and oxygen atoms in total. The molecule has 0 spiro atoms. The van der Waals surface area contributed by atoms with Crippen LogP contribution in [0.3, 0.4) is 0 Å². The lowest BCUT2D eigenvalue weighted by Crippen LogP contribution is -2.46. The van der Waals surface area contributed by atoms with Crippen molar-refractivity contribution in [2.75, 3.05) is 40.5 Å². The molecule has 1 aliphatic heterocycles. The molecule has 31 heavy (non-hydrogen) atoms. The van der Waals surface area contributed by atoms with E-state index in [0.717, 1.165) is 70.4 Å². The van der Waals surface area contributed by atoms with Crippen LogP contribution in [0, 0.1) is 6.92 Å². The highest BCUT2D eigenvalue weighted by Crippen LogP contribution is 2.15. The molecule has 0 saturated carbocycles. The zero-order valence-corrected chi connectivity index (χ0v) is 21.2. The fraction of sp³-hybridized carbons (Fsp3) is 0.565. The second kappa shape index (κ2) is 13.7. The molecule has 1 aromatic heterocycles. The number of hydrogen-bond acceptors (Lipinski definition) is 4. The molecule has 1 aliphatic rings. The summed E-state index contributed by atoms with van der Waals surface area (Å²) in [7, 11) is 3.59. The number of methoxy groups -OCH3 is 1. The van der Waals surface area contributed by atoms with E-state index < -0.39 is 0 Å². The van der Waals surface area contributed by atoms with Crippen molar-refractivity contribution in [1.29, 1.82) is 0 Å². The Kier molecular flexibility index (Phi) is 11.3. The minimum atomic E-state index is 0. The average molecular weight is 541 g/mol. The third-order valence-electron chi connectivity index (χ3n) is 5.52. The van der Waals surface area contributed by atoms with E-state index in [4.69, 9.17) is 9.47 Å². The van der Waals surface area contributed by atoms with Crippen LogP contribution in [0.2, 0.25) is 0 Å². The number of nitrogens with one attached hydrogen (secondary N) is 1. The van der Waals surface area contributed by atoms with Crippen molar-refractivity contribution in [3.05, 3.63) is 53.6 Å². The summed E-state index contributed by atoms with van der Waals surface area (Å²) in [6.45, 7) is 7.11. The van der Waals surface area contributed by atoms with Crippen LogP contribution < -0.4 is 5.32 Å². The molecule has 0 radical (unpaired) electrons. The number of halogens is 1. The fourth-order valence-electron chi connectivity index (χ4n) is 3.81. The Bertz CT molecular complexity index is 803. The van der Waals surface area contributed by atoms with E-state index in [2.05, 4.69) is 49.0 Å². The highest BCUT2D eigenvalue weighted by molar-refractivity contribution is 14.0. The minimum absolute atomic E-state index is 0. The Morgan fingerprint density at radius 3 is 2.68 bits per heavy atom. The van der Waals surface area contributed by atoms with Crippen molar-refractivity contribution in [3.63, 3.8) is 0 Å². The number of nitrogens with zero attached hydrogens (tertiary/aromatic N) is 4. The summed E-state index contributed by atoms with van der Waals surface area (Å²) in [6.07, 6.45) is 7.24. The van der Waals surface area contributed by atoms with Gasteiger partial charge < -0.3 is 24.3 Å². The molecule has 8 heteroatoms. The molecule has 2 heterocycles. The first-order valence-electron chi connectivity index (χ1n) is 10.8. The van der Waals surface area contributed by atoms with Crippen molar-refractivity contribution in [2.24, 2.45) is 4.99 Å². The van der Waals surface area contributed by atoms with Gasteiger partial charge in [0.15, 0.2) is 5.96 Å². The molecule has 1 aromatic carbocycles. The monoisotopic (exact) mass is 541 g/mol. The third kappa shape index (κ3) is 8.08. The Morgan fingerprint density at radius 1 is 1.23 bits per heavy atom. The van der Waals surface area contributed by atoms with Gasteiger partial charge in [-0.05, 0) is 37.3 Å². The van der Waals surface area contributed by atoms with Crippen LogP contribution in [0.4, 0.5) is 0 Å². The Morgan fingerprint density at radius 2 is 2.00 bits per heavy atom. The second-order valence-corrected chi connectivity index (χ2v) is 7.73. The molecule has 0 amide bonds. The predicted octanol–water partition coefficient (Wildman–Crippen LogP) is 3.45. The van der Waals surface area contributed by atoms with Gasteiger partial charge in [-0.2, -0.15) is 0 Å². The number of imidazole rings is 1. The van der Waals surface area contributed by atoms with Crippen molar-refractivity contribution in [3.8, 4) is 0 Å². The summed E-state index contributed by atoms with van der Waals surface area (Å²) in [5, 5.41) is 3.53. The molecule has 172 valence electrons. The summed E-state index contributed by atoms with van der Waals surface area (Å²) in [6, 6.07) is 8.69. The fourth-order valence-corrected chi connectivity index (χ4v) is 3.81. The maximum absolute atomic E-state index is 5.97. The van der Waals surface area contributed by atoms with E-state index in [1.165, 1.54) is 11.1 Å². The van der Waals surface area contributed by atoms with Crippen LogP contribution in [0.5, 0.6) is 0 Å². The van der Waals surface area contributed by atoms with Crippen LogP contribution in [0.25, 0.3) is 0 Å². The first-order chi connectivity index (χ1) is 14.7. The number of hydrogen-bond donors (Lipinski definition) is 1. The number of aryl methyl sites for hydroxylation is 1. The normalized spacial score (nSPS) is 15.1. The zero-order chi connectivity index (χ0) is 21.2. The summed E-state index contributed by atoms with van der Waals surface area (Å²) in [5.41, 5.74) is 2.53. The summed E-state index contributed by atoms with van der Waals surface area (Å²) in [4.78, 5) is 11.1. The van der Waals surface area contributed by atoms with Gasteiger partial charge in [-0.3, -0.25) is 4.99 Å². The van der Waals surface area contributed by atoms with Crippen molar-refractivity contribution in [2.45, 2.75) is 45.4 Å². The molecule has 3 rings (SSSR count). The number of aliphatic imine (C=N–C) groups is 1. The van der Waals surface area contributed by atoms with Crippen molar-refractivity contribution in [1.82, 2.24) is 19.8 Å². The summed E-state index contributed by atoms with van der Waals surface area (Å²) >= 11 is 0. The van der Waals surface area contributed by atoms with Crippen molar-refractivity contribution >= 4 is 29.9 Å². The third-order valence-corrected chi connectivity index (χ3v) is 5.52. The molecule has 1 fully saturated rings. The predicted molar refractivity (Wildman–Crippen MR) is 135 cm³/mol. The van der Waals surface area contributed by atoms with E-state index in [9.17, 15) is 0 Å². The first kappa shape index (κ1) is 25.6. The van der Waals surface area contributed by atoms with Crippen LogP contribution in [-0.4, -0.2) is 67.0 Å². The molecule has 0 unspecified atom stereocenters. The van der Waals surface area contributed by atoms with Gasteiger partial charge in [0, 0.05) is 65.9 Å². The Balaban J connectivity index is 0.00000341. The van der Waals surface area contributed by atoms with Gasteiger partial charge in [-0.15, -0.1) is 24.0 Å². The van der Waals surface area contributed by atoms with Gasteiger partial charge in [-0.1, -0.05) is 24.3 Å². The lowest BCUT2D eigenvalue weighted by Gasteiger charge is -2.34. The van der Waals surface area contributed by atoms with Crippen LogP contribution in [-0.2, 0) is 22.6 Å². The van der Waals surface area contributed by atoms with Crippen LogP contribution in [0.15, 0.2) is 41.7 Å². The Hall–Kier alpha value is -1.65. The van der Waals surface area contributed by atoms with E-state index in [0.29, 0.717) is 6.10 Å². The maximum Gasteiger partial charge on any atom is 0.193 e. The molecule has 1 saturated heterocycles. The lowest BCUT2D eigenvalue weighted by atomic mass is 10.1. The van der Waals surface area contributed by atoms with E-state index in [1.807, 2.05) is 26.4 Å². The number of piperidine rings is 1. The van der Waals surface area contributed by atoms with Gasteiger partial charge in [0.25, 0.3) is 0 Å². The number of benzene rings is 1. The maximum atomic E-state index is 5.97. The highest BCUT2D eigenvalue weighted by Gasteiger charge is 2.21. The molecular formula is C23H36IN5O2. The average Bonchev–Trinajstić information content (AvgIpc) is 3.17. The number of likely N-dealkylation sites (tertiary alicyclic amines) is 1. The molecule has 0 aliphatic carbocycles. The second-order valence-electron chi connectivity index (χ2n) is 7.73. The Labute approximate surface area is 203 Å². The largest absolute Gasteiger partial charge is 0.385 e. The van der Waals surface area contributed by atoms with E-state index in [-0.39, 0.29) is 24.0 Å². The van der Waals surface area contributed by atoms with Gasteiger partial charge >= 0.3 is 0 Å². The lowest BCUT2D eigenvalue weighted by molar-refractivity contribution is 0.00989. The molecular weight excluding hydrogens is 505 g/mol. The molecule has 2 aromatic rings. The van der Waals surface area contributed by atoms with Crippen LogP contribution in [0.1, 0.15) is 36.2 Å². The zero-order valence-electron chi connectivity index (χ0n) is 18.9. The first-order valence-corrected chi connectivity index (χ1v) is 10.8. The van der Waals surface area contributed by atoms with Crippen molar-refractivity contribution < 1.29 is 9.47 Å². The SMILES string of the molecule is CN=C(NCc1cccc(Cn2ccnc2C)c1)N1CCC(OCCCOC)CC1.I. The van der Waals surface area contributed by atoms with Gasteiger partial charge in [0.05, 0.1) is 6.10 Å². The molecule has 0 bridgehead atoms. The highest BCUT2D eigenvalue weighted by atomic mass is 127. The van der Waals surface area contributed by atoms with E-state index in [1.54, 1.807) is 7.11 Å². The number of aromatic nitrogens is 2. The number of rotatable bonds is 9. The quantitative estimate of drug-likeness (QED) is 0.228. The summed E-state index contributed by atoms with van der Waals surface area (Å²) < 4.78 is 13.2. The smallest absolute Gasteiger partial charge is 0.193 e. The number of ether oxygens (including phenoxy) is 2. The van der Waals surface area contributed by atoms with Gasteiger partial charge in [-0.25, -0.2) is 4.98 Å². The molecule has 1 N–H and O–H groups in total. The van der Waals surface area contributed by atoms with Crippen LogP contribution >= 0.6 is 24.0 Å². The van der Waals surface area contributed by atoms with Gasteiger partial charge in [0.1, 0.15) is 5.82 Å². The number of guanidine groups is 1. The van der Waals surface area contributed by atoms with Gasteiger partial charge in [0.2, 0.25) is 0 Å². The van der Waals surface area contributed by atoms with E-state index >= 15 is 0 Å². The minimum Gasteiger partial charge on any atom is -0.385 e.